The average molecular weight is 283 g/mol. The molecule has 0 radical (unpaired) electrons. The minimum absolute atomic E-state index is 0.0603. The van der Waals surface area contributed by atoms with Crippen LogP contribution in [-0.4, -0.2) is 41.8 Å². The van der Waals surface area contributed by atoms with Crippen molar-refractivity contribution in [1.29, 1.82) is 0 Å². The summed E-state index contributed by atoms with van der Waals surface area (Å²) in [7, 11) is 0. The fraction of sp³-hybridized carbons (Fsp3) is 0.385. The number of esters is 1. The normalized spacial score (nSPS) is 11.6. The minimum atomic E-state index is -1.36. The van der Waals surface area contributed by atoms with Crippen molar-refractivity contribution in [3.05, 3.63) is 29.8 Å². The lowest BCUT2D eigenvalue weighted by Gasteiger charge is -2.11. The first-order valence-electron chi connectivity index (χ1n) is 6.10. The van der Waals surface area contributed by atoms with Crippen LogP contribution in [-0.2, 0) is 9.47 Å². The van der Waals surface area contributed by atoms with Gasteiger partial charge in [0.15, 0.2) is 0 Å². The summed E-state index contributed by atoms with van der Waals surface area (Å²) >= 11 is 0. The summed E-state index contributed by atoms with van der Waals surface area (Å²) < 4.78 is 9.39. The van der Waals surface area contributed by atoms with Crippen molar-refractivity contribution in [2.45, 2.75) is 19.6 Å². The zero-order valence-electron chi connectivity index (χ0n) is 11.0. The Balaban J connectivity index is 2.52. The third kappa shape index (κ3) is 5.25. The standard InChI is InChI=1S/C13H17NO6/c1-2-19-12(17)9-3-5-10(6-4-9)14-13(18)20-11(16)7-8-15/h3-6,11,15-16H,2,7-8H2,1H3,(H,14,18). The van der Waals surface area contributed by atoms with Gasteiger partial charge < -0.3 is 19.7 Å². The highest BCUT2D eigenvalue weighted by molar-refractivity contribution is 5.91. The van der Waals surface area contributed by atoms with Crippen LogP contribution in [0.4, 0.5) is 10.5 Å². The number of rotatable bonds is 6. The molecule has 110 valence electrons. The molecule has 0 saturated carbocycles. The molecule has 0 aliphatic rings. The van der Waals surface area contributed by atoms with Gasteiger partial charge in [-0.15, -0.1) is 0 Å². The summed E-state index contributed by atoms with van der Waals surface area (Å²) in [5.41, 5.74) is 0.769. The van der Waals surface area contributed by atoms with E-state index in [-0.39, 0.29) is 19.6 Å². The molecule has 20 heavy (non-hydrogen) atoms. The molecule has 7 heteroatoms. The number of nitrogens with one attached hydrogen (secondary N) is 1. The third-order valence-electron chi connectivity index (χ3n) is 2.26. The van der Waals surface area contributed by atoms with Crippen molar-refractivity contribution in [1.82, 2.24) is 0 Å². The molecule has 0 bridgehead atoms. The van der Waals surface area contributed by atoms with E-state index in [1.807, 2.05) is 0 Å². The van der Waals surface area contributed by atoms with Gasteiger partial charge in [0.25, 0.3) is 0 Å². The van der Waals surface area contributed by atoms with Crippen molar-refractivity contribution >= 4 is 17.7 Å². The summed E-state index contributed by atoms with van der Waals surface area (Å²) in [6.45, 7) is 1.71. The zero-order valence-corrected chi connectivity index (χ0v) is 11.0. The summed E-state index contributed by atoms with van der Waals surface area (Å²) in [6, 6.07) is 6.01. The summed E-state index contributed by atoms with van der Waals surface area (Å²) in [6.07, 6.45) is -2.27. The predicted molar refractivity (Wildman–Crippen MR) is 70.2 cm³/mol. The number of aliphatic hydroxyl groups is 2. The van der Waals surface area contributed by atoms with Crippen LogP contribution in [0.25, 0.3) is 0 Å². The van der Waals surface area contributed by atoms with E-state index in [1.165, 1.54) is 24.3 Å². The molecular formula is C13H17NO6. The topological polar surface area (TPSA) is 105 Å². The summed E-state index contributed by atoms with van der Waals surface area (Å²) in [5, 5.41) is 20.1. The quantitative estimate of drug-likeness (QED) is 0.533. The lowest BCUT2D eigenvalue weighted by molar-refractivity contribution is -0.0589. The number of anilines is 1. The van der Waals surface area contributed by atoms with Crippen LogP contribution < -0.4 is 5.32 Å². The molecule has 1 aromatic rings. The fourth-order valence-electron chi connectivity index (χ4n) is 1.34. The number of hydrogen-bond donors (Lipinski definition) is 3. The van der Waals surface area contributed by atoms with E-state index in [1.54, 1.807) is 6.92 Å². The number of aliphatic hydroxyl groups excluding tert-OH is 2. The second-order valence-corrected chi connectivity index (χ2v) is 3.80. The van der Waals surface area contributed by atoms with Crippen LogP contribution >= 0.6 is 0 Å². The molecule has 0 heterocycles. The Kier molecular flexibility index (Phi) is 6.48. The molecule has 1 atom stereocenters. The second kappa shape index (κ2) is 8.13. The van der Waals surface area contributed by atoms with Crippen LogP contribution in [0, 0.1) is 0 Å². The molecular weight excluding hydrogens is 266 g/mol. The Morgan fingerprint density at radius 1 is 1.30 bits per heavy atom. The molecule has 0 spiro atoms. The molecule has 0 aliphatic heterocycles. The van der Waals surface area contributed by atoms with Crippen molar-refractivity contribution in [2.24, 2.45) is 0 Å². The van der Waals surface area contributed by atoms with Gasteiger partial charge in [0.1, 0.15) is 0 Å². The van der Waals surface area contributed by atoms with Gasteiger partial charge in [-0.2, -0.15) is 0 Å². The highest BCUT2D eigenvalue weighted by Crippen LogP contribution is 2.11. The number of hydrogen-bond acceptors (Lipinski definition) is 6. The number of ether oxygens (including phenoxy) is 2. The van der Waals surface area contributed by atoms with Gasteiger partial charge >= 0.3 is 12.1 Å². The lowest BCUT2D eigenvalue weighted by atomic mass is 10.2. The van der Waals surface area contributed by atoms with Gasteiger partial charge in [0, 0.05) is 18.7 Å². The van der Waals surface area contributed by atoms with Gasteiger partial charge in [0.05, 0.1) is 12.2 Å². The Bertz CT molecular complexity index is 445. The van der Waals surface area contributed by atoms with Crippen molar-refractivity contribution < 1.29 is 29.3 Å². The maximum Gasteiger partial charge on any atom is 0.413 e. The second-order valence-electron chi connectivity index (χ2n) is 3.80. The van der Waals surface area contributed by atoms with Crippen molar-refractivity contribution in [2.75, 3.05) is 18.5 Å². The van der Waals surface area contributed by atoms with Crippen LogP contribution in [0.5, 0.6) is 0 Å². The third-order valence-corrected chi connectivity index (χ3v) is 2.26. The molecule has 1 rings (SSSR count). The Labute approximate surface area is 116 Å². The Morgan fingerprint density at radius 2 is 1.95 bits per heavy atom. The molecule has 1 amide bonds. The zero-order chi connectivity index (χ0) is 15.0. The van der Waals surface area contributed by atoms with E-state index >= 15 is 0 Å². The maximum atomic E-state index is 11.4. The van der Waals surface area contributed by atoms with Crippen molar-refractivity contribution in [3.8, 4) is 0 Å². The summed E-state index contributed by atoms with van der Waals surface area (Å²) in [4.78, 5) is 22.8. The monoisotopic (exact) mass is 283 g/mol. The highest BCUT2D eigenvalue weighted by Gasteiger charge is 2.11. The Hall–Kier alpha value is -2.12. The van der Waals surface area contributed by atoms with Crippen molar-refractivity contribution in [3.63, 3.8) is 0 Å². The van der Waals surface area contributed by atoms with E-state index in [2.05, 4.69) is 10.1 Å². The van der Waals surface area contributed by atoms with E-state index in [9.17, 15) is 9.59 Å². The van der Waals surface area contributed by atoms with Gasteiger partial charge in [-0.1, -0.05) is 0 Å². The predicted octanol–water partition coefficient (Wildman–Crippen LogP) is 1.11. The smallest absolute Gasteiger partial charge is 0.413 e. The van der Waals surface area contributed by atoms with E-state index in [0.717, 1.165) is 0 Å². The van der Waals surface area contributed by atoms with Crippen LogP contribution in [0.3, 0.4) is 0 Å². The largest absolute Gasteiger partial charge is 0.462 e. The maximum absolute atomic E-state index is 11.4. The molecule has 7 nitrogen and oxygen atoms in total. The van der Waals surface area contributed by atoms with Gasteiger partial charge in [0.2, 0.25) is 6.29 Å². The highest BCUT2D eigenvalue weighted by atomic mass is 16.6. The first-order valence-corrected chi connectivity index (χ1v) is 6.10. The van der Waals surface area contributed by atoms with Crippen LogP contribution in [0.1, 0.15) is 23.7 Å². The number of benzene rings is 1. The van der Waals surface area contributed by atoms with E-state index in [0.29, 0.717) is 11.3 Å². The molecule has 0 aromatic heterocycles. The first-order chi connectivity index (χ1) is 9.56. The first kappa shape index (κ1) is 15.9. The molecule has 0 saturated heterocycles. The van der Waals surface area contributed by atoms with Gasteiger partial charge in [-0.25, -0.2) is 9.59 Å². The number of carbonyl (C=O) groups is 2. The van der Waals surface area contributed by atoms with E-state index in [4.69, 9.17) is 14.9 Å². The van der Waals surface area contributed by atoms with Gasteiger partial charge in [-0.05, 0) is 31.2 Å². The lowest BCUT2D eigenvalue weighted by Crippen LogP contribution is -2.23. The molecule has 0 aliphatic carbocycles. The van der Waals surface area contributed by atoms with Crippen LogP contribution in [0.15, 0.2) is 24.3 Å². The Morgan fingerprint density at radius 3 is 2.50 bits per heavy atom. The minimum Gasteiger partial charge on any atom is -0.462 e. The molecule has 1 unspecified atom stereocenters. The molecule has 3 N–H and O–H groups in total. The van der Waals surface area contributed by atoms with E-state index < -0.39 is 18.4 Å². The van der Waals surface area contributed by atoms with Gasteiger partial charge in [-0.3, -0.25) is 5.32 Å². The number of amides is 1. The fourth-order valence-corrected chi connectivity index (χ4v) is 1.34. The summed E-state index contributed by atoms with van der Waals surface area (Å²) in [5.74, 6) is -0.444. The molecule has 1 aromatic carbocycles. The number of carbonyl (C=O) groups excluding carboxylic acids is 2. The SMILES string of the molecule is CCOC(=O)c1ccc(NC(=O)OC(O)CCO)cc1. The molecule has 0 fully saturated rings. The average Bonchev–Trinajstić information content (AvgIpc) is 2.39. The van der Waals surface area contributed by atoms with Crippen LogP contribution in [0.2, 0.25) is 0 Å².